The number of likely N-dealkylation sites (tertiary alicyclic amines) is 1. The van der Waals surface area contributed by atoms with Crippen LogP contribution >= 0.6 is 0 Å². The number of hydrogen-bond donors (Lipinski definition) is 2. The molecular weight excluding hydrogens is 242 g/mol. The van der Waals surface area contributed by atoms with Gasteiger partial charge in [0.15, 0.2) is 0 Å². The van der Waals surface area contributed by atoms with Gasteiger partial charge in [0, 0.05) is 52.4 Å². The van der Waals surface area contributed by atoms with Crippen LogP contribution in [-0.4, -0.2) is 86.1 Å². The van der Waals surface area contributed by atoms with Crippen molar-refractivity contribution >= 4 is 0 Å². The first-order chi connectivity index (χ1) is 9.28. The van der Waals surface area contributed by atoms with Gasteiger partial charge in [-0.05, 0) is 26.3 Å². The second kappa shape index (κ2) is 8.17. The third kappa shape index (κ3) is 5.36. The lowest BCUT2D eigenvalue weighted by atomic mass is 10.1. The molecule has 2 N–H and O–H groups in total. The SMILES string of the molecule is CCOC1CCCN(CC(O)CN2CCNCC2)C1. The summed E-state index contributed by atoms with van der Waals surface area (Å²) in [6.45, 7) is 10.7. The third-order valence-corrected chi connectivity index (χ3v) is 4.01. The summed E-state index contributed by atoms with van der Waals surface area (Å²) in [5.74, 6) is 0. The van der Waals surface area contributed by atoms with Gasteiger partial charge in [-0.3, -0.25) is 9.80 Å². The predicted octanol–water partition coefficient (Wildman–Crippen LogP) is -0.247. The lowest BCUT2D eigenvalue weighted by Gasteiger charge is -2.35. The molecule has 2 aliphatic heterocycles. The number of hydrogen-bond acceptors (Lipinski definition) is 5. The van der Waals surface area contributed by atoms with E-state index in [1.807, 2.05) is 0 Å². The van der Waals surface area contributed by atoms with Crippen LogP contribution in [-0.2, 0) is 4.74 Å². The maximum absolute atomic E-state index is 10.2. The Bertz CT molecular complexity index is 245. The molecule has 2 heterocycles. The van der Waals surface area contributed by atoms with Crippen molar-refractivity contribution in [1.82, 2.24) is 15.1 Å². The Kier molecular flexibility index (Phi) is 6.53. The predicted molar refractivity (Wildman–Crippen MR) is 76.4 cm³/mol. The number of rotatable bonds is 6. The van der Waals surface area contributed by atoms with Crippen LogP contribution in [0.1, 0.15) is 19.8 Å². The lowest BCUT2D eigenvalue weighted by molar-refractivity contribution is -0.0113. The van der Waals surface area contributed by atoms with Crippen molar-refractivity contribution in [2.75, 3.05) is 59.0 Å². The molecule has 2 atom stereocenters. The Balaban J connectivity index is 1.67. The Hall–Kier alpha value is -0.200. The first-order valence-corrected chi connectivity index (χ1v) is 7.73. The third-order valence-electron chi connectivity index (χ3n) is 4.01. The average Bonchev–Trinajstić information content (AvgIpc) is 2.40. The fourth-order valence-electron chi connectivity index (χ4n) is 3.10. The van der Waals surface area contributed by atoms with Crippen LogP contribution in [0.4, 0.5) is 0 Å². The highest BCUT2D eigenvalue weighted by atomic mass is 16.5. The summed E-state index contributed by atoms with van der Waals surface area (Å²) >= 11 is 0. The summed E-state index contributed by atoms with van der Waals surface area (Å²) in [5.41, 5.74) is 0. The second-order valence-corrected chi connectivity index (χ2v) is 5.68. The number of nitrogens with one attached hydrogen (secondary N) is 1. The minimum Gasteiger partial charge on any atom is -0.390 e. The summed E-state index contributed by atoms with van der Waals surface area (Å²) < 4.78 is 5.70. The summed E-state index contributed by atoms with van der Waals surface area (Å²) in [7, 11) is 0. The van der Waals surface area contributed by atoms with Crippen molar-refractivity contribution in [1.29, 1.82) is 0 Å². The van der Waals surface area contributed by atoms with Crippen LogP contribution < -0.4 is 5.32 Å². The molecule has 2 rings (SSSR count). The van der Waals surface area contributed by atoms with Crippen LogP contribution in [0.25, 0.3) is 0 Å². The van der Waals surface area contributed by atoms with Gasteiger partial charge in [0.1, 0.15) is 0 Å². The molecule has 2 fully saturated rings. The van der Waals surface area contributed by atoms with E-state index < -0.39 is 0 Å². The van der Waals surface area contributed by atoms with E-state index in [1.54, 1.807) is 0 Å². The first kappa shape index (κ1) is 15.2. The van der Waals surface area contributed by atoms with E-state index in [-0.39, 0.29) is 6.10 Å². The van der Waals surface area contributed by atoms with Gasteiger partial charge in [0.05, 0.1) is 12.2 Å². The Morgan fingerprint density at radius 3 is 2.68 bits per heavy atom. The van der Waals surface area contributed by atoms with Crippen LogP contribution in [0.15, 0.2) is 0 Å². The molecule has 2 saturated heterocycles. The van der Waals surface area contributed by atoms with Crippen molar-refractivity contribution in [3.8, 4) is 0 Å². The second-order valence-electron chi connectivity index (χ2n) is 5.68. The number of aliphatic hydroxyl groups excluding tert-OH is 1. The normalized spacial score (nSPS) is 28.4. The van der Waals surface area contributed by atoms with Crippen molar-refractivity contribution < 1.29 is 9.84 Å². The van der Waals surface area contributed by atoms with Crippen molar-refractivity contribution in [2.24, 2.45) is 0 Å². The maximum Gasteiger partial charge on any atom is 0.0793 e. The van der Waals surface area contributed by atoms with Crippen molar-refractivity contribution in [3.05, 3.63) is 0 Å². The van der Waals surface area contributed by atoms with Gasteiger partial charge in [0.25, 0.3) is 0 Å². The number of piperidine rings is 1. The van der Waals surface area contributed by atoms with Gasteiger partial charge in [0.2, 0.25) is 0 Å². The highest BCUT2D eigenvalue weighted by molar-refractivity contribution is 4.78. The molecular formula is C14H29N3O2. The smallest absolute Gasteiger partial charge is 0.0793 e. The maximum atomic E-state index is 10.2. The Labute approximate surface area is 116 Å². The minimum absolute atomic E-state index is 0.238. The van der Waals surface area contributed by atoms with Crippen molar-refractivity contribution in [3.63, 3.8) is 0 Å². The van der Waals surface area contributed by atoms with Crippen LogP contribution in [0.3, 0.4) is 0 Å². The van der Waals surface area contributed by atoms with E-state index in [0.29, 0.717) is 6.10 Å². The molecule has 0 aromatic rings. The molecule has 0 spiro atoms. The van der Waals surface area contributed by atoms with Gasteiger partial charge in [-0.2, -0.15) is 0 Å². The number of β-amino-alcohol motifs (C(OH)–C–C–N with tert-alkyl or cyclic N) is 1. The van der Waals surface area contributed by atoms with E-state index in [9.17, 15) is 5.11 Å². The highest BCUT2D eigenvalue weighted by Gasteiger charge is 2.23. The zero-order valence-electron chi connectivity index (χ0n) is 12.2. The molecule has 0 aromatic heterocycles. The van der Waals surface area contributed by atoms with Crippen LogP contribution in [0, 0.1) is 0 Å². The molecule has 0 saturated carbocycles. The number of piperazine rings is 1. The van der Waals surface area contributed by atoms with E-state index >= 15 is 0 Å². The molecule has 0 aliphatic carbocycles. The van der Waals surface area contributed by atoms with Crippen LogP contribution in [0.2, 0.25) is 0 Å². The molecule has 0 bridgehead atoms. The molecule has 5 heteroatoms. The van der Waals surface area contributed by atoms with Gasteiger partial charge in [-0.15, -0.1) is 0 Å². The van der Waals surface area contributed by atoms with Gasteiger partial charge >= 0.3 is 0 Å². The zero-order valence-corrected chi connectivity index (χ0v) is 12.2. The quantitative estimate of drug-likeness (QED) is 0.698. The van der Waals surface area contributed by atoms with E-state index in [2.05, 4.69) is 22.0 Å². The summed E-state index contributed by atoms with van der Waals surface area (Å²) in [4.78, 5) is 4.71. The Morgan fingerprint density at radius 1 is 1.21 bits per heavy atom. The minimum atomic E-state index is -0.238. The summed E-state index contributed by atoms with van der Waals surface area (Å²) in [6, 6.07) is 0. The van der Waals surface area contributed by atoms with E-state index in [4.69, 9.17) is 4.74 Å². The zero-order chi connectivity index (χ0) is 13.5. The Morgan fingerprint density at radius 2 is 1.95 bits per heavy atom. The summed E-state index contributed by atoms with van der Waals surface area (Å²) in [6.07, 6.45) is 2.48. The molecule has 0 amide bonds. The molecule has 2 aliphatic rings. The lowest BCUT2D eigenvalue weighted by Crippen LogP contribution is -2.49. The molecule has 0 aromatic carbocycles. The van der Waals surface area contributed by atoms with E-state index in [0.717, 1.165) is 65.4 Å². The molecule has 0 radical (unpaired) electrons. The highest BCUT2D eigenvalue weighted by Crippen LogP contribution is 2.13. The molecule has 2 unspecified atom stereocenters. The van der Waals surface area contributed by atoms with Gasteiger partial charge in [-0.25, -0.2) is 0 Å². The fourth-order valence-corrected chi connectivity index (χ4v) is 3.10. The fraction of sp³-hybridized carbons (Fsp3) is 1.00. The molecule has 112 valence electrons. The number of aliphatic hydroxyl groups is 1. The van der Waals surface area contributed by atoms with Gasteiger partial charge < -0.3 is 15.2 Å². The standard InChI is InChI=1S/C14H29N3O2/c1-2-19-14-4-3-7-17(12-14)11-13(18)10-16-8-5-15-6-9-16/h13-15,18H,2-12H2,1H3. The van der Waals surface area contributed by atoms with Gasteiger partial charge in [-0.1, -0.05) is 0 Å². The summed E-state index contributed by atoms with van der Waals surface area (Å²) in [5, 5.41) is 13.6. The largest absolute Gasteiger partial charge is 0.390 e. The molecule has 19 heavy (non-hydrogen) atoms. The topological polar surface area (TPSA) is 48.0 Å². The monoisotopic (exact) mass is 271 g/mol. The van der Waals surface area contributed by atoms with Crippen molar-refractivity contribution in [2.45, 2.75) is 32.0 Å². The average molecular weight is 271 g/mol. The number of nitrogens with zero attached hydrogens (tertiary/aromatic N) is 2. The van der Waals surface area contributed by atoms with E-state index in [1.165, 1.54) is 6.42 Å². The van der Waals surface area contributed by atoms with Crippen LogP contribution in [0.5, 0.6) is 0 Å². The first-order valence-electron chi connectivity index (χ1n) is 7.73. The number of ether oxygens (including phenoxy) is 1. The molecule has 5 nitrogen and oxygen atoms in total.